The molecule has 5 atom stereocenters. The lowest BCUT2D eigenvalue weighted by atomic mass is 9.87. The zero-order chi connectivity index (χ0) is 19.6. The van der Waals surface area contributed by atoms with E-state index in [0.717, 1.165) is 18.4 Å². The minimum Gasteiger partial charge on any atom is -0.390 e. The largest absolute Gasteiger partial charge is 0.390 e. The Balaban J connectivity index is 2.00. The van der Waals surface area contributed by atoms with Gasteiger partial charge >= 0.3 is 11.4 Å². The van der Waals surface area contributed by atoms with Gasteiger partial charge in [-0.15, -0.1) is 0 Å². The van der Waals surface area contributed by atoms with Crippen molar-refractivity contribution in [2.45, 2.75) is 63.6 Å². The Morgan fingerprint density at radius 3 is 2.04 bits per heavy atom. The van der Waals surface area contributed by atoms with Gasteiger partial charge in [0.1, 0.15) is 6.10 Å². The van der Waals surface area contributed by atoms with Crippen molar-refractivity contribution in [3.63, 3.8) is 0 Å². The third-order valence-corrected chi connectivity index (χ3v) is 5.59. The number of hydrogen-bond donors (Lipinski definition) is 2. The molecule has 0 aliphatic carbocycles. The van der Waals surface area contributed by atoms with Crippen molar-refractivity contribution in [3.8, 4) is 0 Å². The van der Waals surface area contributed by atoms with Crippen LogP contribution in [0.4, 0.5) is 0 Å². The Morgan fingerprint density at radius 2 is 1.52 bits per heavy atom. The van der Waals surface area contributed by atoms with Gasteiger partial charge in [0.25, 0.3) is 0 Å². The molecule has 2 aromatic rings. The van der Waals surface area contributed by atoms with Crippen molar-refractivity contribution < 1.29 is 18.1 Å². The average Bonchev–Trinajstić information content (AvgIpc) is 2.70. The molecule has 0 fully saturated rings. The van der Waals surface area contributed by atoms with Crippen LogP contribution in [0.3, 0.4) is 0 Å². The normalized spacial score (nSPS) is 17.0. The van der Waals surface area contributed by atoms with Crippen LogP contribution in [0, 0.1) is 0 Å². The maximum Gasteiger partial charge on any atom is 0.302 e. The molecule has 0 aliphatic heterocycles. The zero-order valence-corrected chi connectivity index (χ0v) is 16.8. The second-order valence-electron chi connectivity index (χ2n) is 7.06. The number of hydrogen-bond acceptors (Lipinski definition) is 3. The van der Waals surface area contributed by atoms with Crippen LogP contribution in [-0.2, 0) is 15.5 Å². The molecule has 5 heteroatoms. The van der Waals surface area contributed by atoms with Crippen molar-refractivity contribution >= 4 is 11.4 Å². The van der Waals surface area contributed by atoms with E-state index in [0.29, 0.717) is 18.8 Å². The van der Waals surface area contributed by atoms with E-state index < -0.39 is 23.6 Å². The van der Waals surface area contributed by atoms with E-state index in [1.165, 1.54) is 5.56 Å². The molecule has 0 saturated carbocycles. The highest BCUT2D eigenvalue weighted by molar-refractivity contribution is 7.74. The lowest BCUT2D eigenvalue weighted by Gasteiger charge is -2.26. The molecule has 0 amide bonds. The molecule has 5 unspecified atom stereocenters. The molecule has 0 aromatic heterocycles. The minimum absolute atomic E-state index is 0.168. The van der Waals surface area contributed by atoms with Gasteiger partial charge in [0.05, 0.1) is 6.10 Å². The van der Waals surface area contributed by atoms with Gasteiger partial charge in [-0.1, -0.05) is 74.5 Å². The molecule has 27 heavy (non-hydrogen) atoms. The smallest absolute Gasteiger partial charge is 0.302 e. The Kier molecular flexibility index (Phi) is 9.15. The van der Waals surface area contributed by atoms with Gasteiger partial charge < -0.3 is 5.11 Å². The van der Waals surface area contributed by atoms with E-state index in [2.05, 4.69) is 26.0 Å². The standard InChI is InChI=1S/C22H30O4S/c1-3-18(20-12-8-5-9-13-20)16-22(26-27(24)25)21(23)15-14-17(2)19-10-6-4-7-11-19/h4-13,17-18,21-23H,3,14-16H2,1-2H3,(H,24,25). The van der Waals surface area contributed by atoms with E-state index >= 15 is 0 Å². The van der Waals surface area contributed by atoms with Gasteiger partial charge in [-0.2, -0.15) is 4.21 Å². The Bertz CT molecular complexity index is 677. The van der Waals surface area contributed by atoms with Crippen molar-refractivity contribution in [1.29, 1.82) is 0 Å². The first-order valence-electron chi connectivity index (χ1n) is 9.57. The van der Waals surface area contributed by atoms with Crippen LogP contribution >= 0.6 is 0 Å². The van der Waals surface area contributed by atoms with Crippen molar-refractivity contribution in [2.75, 3.05) is 0 Å². The highest BCUT2D eigenvalue weighted by Gasteiger charge is 2.27. The summed E-state index contributed by atoms with van der Waals surface area (Å²) in [4.78, 5) is 0. The maximum atomic E-state index is 11.3. The summed E-state index contributed by atoms with van der Waals surface area (Å²) in [6.07, 6.45) is 1.21. The molecule has 2 rings (SSSR count). The van der Waals surface area contributed by atoms with Crippen LogP contribution < -0.4 is 0 Å². The van der Waals surface area contributed by atoms with Crippen LogP contribution in [0.5, 0.6) is 0 Å². The summed E-state index contributed by atoms with van der Waals surface area (Å²) in [6.45, 7) is 4.20. The first-order chi connectivity index (χ1) is 13.0. The molecule has 0 aliphatic rings. The van der Waals surface area contributed by atoms with Gasteiger partial charge in [0.2, 0.25) is 0 Å². The lowest BCUT2D eigenvalue weighted by molar-refractivity contribution is 0.0225. The SMILES string of the molecule is CCC(CC(OS(=O)O)C(O)CCC(C)c1ccccc1)c1ccccc1. The molecule has 0 spiro atoms. The lowest BCUT2D eigenvalue weighted by Crippen LogP contribution is -2.31. The highest BCUT2D eigenvalue weighted by atomic mass is 32.2. The van der Waals surface area contributed by atoms with Crippen LogP contribution in [-0.4, -0.2) is 26.1 Å². The quantitative estimate of drug-likeness (QED) is 0.528. The molecule has 2 N–H and O–H groups in total. The fourth-order valence-corrected chi connectivity index (χ4v) is 3.88. The second kappa shape index (κ2) is 11.3. The van der Waals surface area contributed by atoms with Crippen LogP contribution in [0.2, 0.25) is 0 Å². The summed E-state index contributed by atoms with van der Waals surface area (Å²) in [6, 6.07) is 20.2. The summed E-state index contributed by atoms with van der Waals surface area (Å²) in [5.74, 6) is 0.471. The van der Waals surface area contributed by atoms with E-state index in [1.807, 2.05) is 48.5 Å². The topological polar surface area (TPSA) is 66.8 Å². The fourth-order valence-electron chi connectivity index (χ4n) is 3.47. The predicted molar refractivity (Wildman–Crippen MR) is 110 cm³/mol. The maximum absolute atomic E-state index is 11.3. The van der Waals surface area contributed by atoms with Crippen LogP contribution in [0.25, 0.3) is 0 Å². The van der Waals surface area contributed by atoms with Gasteiger partial charge in [-0.3, -0.25) is 8.74 Å². The van der Waals surface area contributed by atoms with Gasteiger partial charge in [0.15, 0.2) is 0 Å². The molecule has 0 heterocycles. The molecule has 2 aromatic carbocycles. The minimum atomic E-state index is -2.40. The number of rotatable bonds is 11. The van der Waals surface area contributed by atoms with Crippen LogP contribution in [0.15, 0.2) is 60.7 Å². The van der Waals surface area contributed by atoms with E-state index in [9.17, 15) is 13.9 Å². The predicted octanol–water partition coefficient (Wildman–Crippen LogP) is 5.04. The molecule has 4 nitrogen and oxygen atoms in total. The highest BCUT2D eigenvalue weighted by Crippen LogP contribution is 2.29. The molecule has 0 radical (unpaired) electrons. The van der Waals surface area contributed by atoms with Crippen molar-refractivity contribution in [3.05, 3.63) is 71.8 Å². The summed E-state index contributed by atoms with van der Waals surface area (Å²) in [5, 5.41) is 10.7. The van der Waals surface area contributed by atoms with E-state index in [4.69, 9.17) is 4.18 Å². The van der Waals surface area contributed by atoms with Crippen molar-refractivity contribution in [2.24, 2.45) is 0 Å². The Morgan fingerprint density at radius 1 is 0.963 bits per heavy atom. The fraction of sp³-hybridized carbons (Fsp3) is 0.455. The molecule has 0 saturated heterocycles. The molecular formula is C22H30O4S. The van der Waals surface area contributed by atoms with Gasteiger partial charge in [0, 0.05) is 0 Å². The van der Waals surface area contributed by atoms with E-state index in [-0.39, 0.29) is 5.92 Å². The number of aliphatic hydroxyl groups is 1. The van der Waals surface area contributed by atoms with Gasteiger partial charge in [-0.25, -0.2) is 0 Å². The number of benzene rings is 2. The molecular weight excluding hydrogens is 360 g/mol. The first kappa shape index (κ1) is 21.8. The van der Waals surface area contributed by atoms with Gasteiger partial charge in [-0.05, 0) is 48.6 Å². The molecule has 0 bridgehead atoms. The van der Waals surface area contributed by atoms with Crippen molar-refractivity contribution in [1.82, 2.24) is 0 Å². The van der Waals surface area contributed by atoms with E-state index in [1.54, 1.807) is 0 Å². The third-order valence-electron chi connectivity index (χ3n) is 5.18. The van der Waals surface area contributed by atoms with Crippen LogP contribution in [0.1, 0.15) is 62.5 Å². The summed E-state index contributed by atoms with van der Waals surface area (Å²) in [7, 11) is 0. The summed E-state index contributed by atoms with van der Waals surface area (Å²) in [5.41, 5.74) is 2.38. The summed E-state index contributed by atoms with van der Waals surface area (Å²) < 4.78 is 25.7. The average molecular weight is 391 g/mol. The zero-order valence-electron chi connectivity index (χ0n) is 16.0. The molecule has 148 valence electrons. The monoisotopic (exact) mass is 390 g/mol. The summed E-state index contributed by atoms with van der Waals surface area (Å²) >= 11 is -2.40. The Hall–Kier alpha value is -1.53. The first-order valence-corrected chi connectivity index (χ1v) is 10.6. The number of aliphatic hydroxyl groups excluding tert-OH is 1. The second-order valence-corrected chi connectivity index (χ2v) is 7.69. The third kappa shape index (κ3) is 7.18. The Labute approximate surface area is 165 Å².